The number of aromatic nitrogens is 2. The minimum absolute atomic E-state index is 0.558. The van der Waals surface area contributed by atoms with Crippen molar-refractivity contribution in [1.29, 1.82) is 0 Å². The van der Waals surface area contributed by atoms with Crippen molar-refractivity contribution in [2.24, 2.45) is 5.92 Å². The highest BCUT2D eigenvalue weighted by Gasteiger charge is 2.28. The fourth-order valence-electron chi connectivity index (χ4n) is 2.57. The van der Waals surface area contributed by atoms with Crippen LogP contribution >= 0.6 is 11.5 Å². The molecule has 1 heterocycles. The minimum Gasteiger partial charge on any atom is -0.358 e. The molecule has 2 aliphatic rings. The van der Waals surface area contributed by atoms with Crippen LogP contribution < -0.4 is 5.32 Å². The maximum atomic E-state index is 4.58. The van der Waals surface area contributed by atoms with Gasteiger partial charge in [-0.25, -0.2) is 4.98 Å². The molecule has 3 rings (SSSR count). The lowest BCUT2D eigenvalue weighted by atomic mass is 10.0. The molecule has 1 aromatic rings. The second-order valence-corrected chi connectivity index (χ2v) is 5.96. The van der Waals surface area contributed by atoms with Crippen molar-refractivity contribution < 1.29 is 0 Å². The quantitative estimate of drug-likeness (QED) is 0.872. The Morgan fingerprint density at radius 1 is 1.25 bits per heavy atom. The Labute approximate surface area is 101 Å². The van der Waals surface area contributed by atoms with Crippen LogP contribution in [0.2, 0.25) is 0 Å². The van der Waals surface area contributed by atoms with Gasteiger partial charge in [-0.15, -0.1) is 0 Å². The minimum atomic E-state index is 0.558. The molecule has 0 spiro atoms. The molecule has 1 unspecified atom stereocenters. The summed E-state index contributed by atoms with van der Waals surface area (Å²) < 4.78 is 4.43. The molecule has 1 N–H and O–H groups in total. The molecule has 0 saturated heterocycles. The Bertz CT molecular complexity index is 353. The number of nitrogens with zero attached hydrogens (tertiary/aromatic N) is 2. The molecule has 0 amide bonds. The Morgan fingerprint density at radius 2 is 2.00 bits per heavy atom. The molecule has 16 heavy (non-hydrogen) atoms. The molecule has 0 radical (unpaired) electrons. The van der Waals surface area contributed by atoms with Crippen molar-refractivity contribution in [2.45, 2.75) is 57.4 Å². The number of anilines is 1. The van der Waals surface area contributed by atoms with Crippen molar-refractivity contribution in [3.8, 4) is 0 Å². The van der Waals surface area contributed by atoms with Crippen molar-refractivity contribution in [2.75, 3.05) is 5.32 Å². The van der Waals surface area contributed by atoms with Crippen LogP contribution in [0.5, 0.6) is 0 Å². The van der Waals surface area contributed by atoms with E-state index in [-0.39, 0.29) is 0 Å². The Morgan fingerprint density at radius 3 is 2.69 bits per heavy atom. The van der Waals surface area contributed by atoms with E-state index in [1.165, 1.54) is 50.1 Å². The van der Waals surface area contributed by atoms with Crippen molar-refractivity contribution >= 4 is 16.7 Å². The molecule has 0 bridgehead atoms. The highest BCUT2D eigenvalue weighted by atomic mass is 32.1. The summed E-state index contributed by atoms with van der Waals surface area (Å²) in [5.41, 5.74) is 0. The number of hydrogen-bond acceptors (Lipinski definition) is 4. The zero-order valence-corrected chi connectivity index (χ0v) is 10.6. The van der Waals surface area contributed by atoms with Gasteiger partial charge in [0.25, 0.3) is 0 Å². The van der Waals surface area contributed by atoms with E-state index in [2.05, 4.69) is 21.6 Å². The van der Waals surface area contributed by atoms with Gasteiger partial charge >= 0.3 is 0 Å². The lowest BCUT2D eigenvalue weighted by molar-refractivity contribution is 0.482. The van der Waals surface area contributed by atoms with Gasteiger partial charge in [0.1, 0.15) is 5.82 Å². The topological polar surface area (TPSA) is 37.8 Å². The zero-order valence-electron chi connectivity index (χ0n) is 9.78. The Balaban J connectivity index is 1.59. The second kappa shape index (κ2) is 4.32. The van der Waals surface area contributed by atoms with Gasteiger partial charge in [0, 0.05) is 23.5 Å². The third-order valence-electron chi connectivity index (χ3n) is 3.84. The van der Waals surface area contributed by atoms with Crippen LogP contribution in [-0.4, -0.2) is 15.4 Å². The van der Waals surface area contributed by atoms with Crippen LogP contribution in [0.25, 0.3) is 0 Å². The molecule has 1 atom stereocenters. The number of nitrogens with one attached hydrogen (secondary N) is 1. The molecule has 2 fully saturated rings. The second-order valence-electron chi connectivity index (χ2n) is 5.21. The number of hydrogen-bond donors (Lipinski definition) is 1. The summed E-state index contributed by atoms with van der Waals surface area (Å²) in [6, 6.07) is 0.558. The standard InChI is InChI=1S/C12H19N3S/c1-8(9-4-2-3-5-9)13-12-14-11(15-16-12)10-6-7-10/h8-10H,2-7H2,1H3,(H,13,14,15). The monoisotopic (exact) mass is 237 g/mol. The first-order valence-corrected chi connectivity index (χ1v) is 7.20. The molecule has 88 valence electrons. The van der Waals surface area contributed by atoms with Gasteiger partial charge in [0.05, 0.1) is 0 Å². The third-order valence-corrected chi connectivity index (χ3v) is 4.50. The van der Waals surface area contributed by atoms with Gasteiger partial charge in [-0.1, -0.05) is 12.8 Å². The van der Waals surface area contributed by atoms with E-state index >= 15 is 0 Å². The first-order valence-electron chi connectivity index (χ1n) is 6.43. The summed E-state index contributed by atoms with van der Waals surface area (Å²) in [6.07, 6.45) is 8.13. The summed E-state index contributed by atoms with van der Waals surface area (Å²) >= 11 is 1.53. The average Bonchev–Trinajstić information content (AvgIpc) is 2.82. The average molecular weight is 237 g/mol. The van der Waals surface area contributed by atoms with Crippen molar-refractivity contribution in [1.82, 2.24) is 9.36 Å². The molecule has 2 saturated carbocycles. The Kier molecular flexibility index (Phi) is 2.84. The van der Waals surface area contributed by atoms with Crippen molar-refractivity contribution in [3.05, 3.63) is 5.82 Å². The van der Waals surface area contributed by atoms with E-state index in [0.29, 0.717) is 12.0 Å². The highest BCUT2D eigenvalue weighted by molar-refractivity contribution is 7.09. The van der Waals surface area contributed by atoms with Crippen LogP contribution in [0.1, 0.15) is 57.2 Å². The van der Waals surface area contributed by atoms with E-state index in [0.717, 1.165) is 16.9 Å². The van der Waals surface area contributed by atoms with Crippen LogP contribution in [0, 0.1) is 5.92 Å². The predicted molar refractivity (Wildman–Crippen MR) is 66.9 cm³/mol. The van der Waals surface area contributed by atoms with Crippen LogP contribution in [0.3, 0.4) is 0 Å². The smallest absolute Gasteiger partial charge is 0.202 e. The van der Waals surface area contributed by atoms with Gasteiger partial charge in [0.2, 0.25) is 5.13 Å². The van der Waals surface area contributed by atoms with E-state index in [1.807, 2.05) is 0 Å². The third kappa shape index (κ3) is 2.21. The summed E-state index contributed by atoms with van der Waals surface area (Å²) in [5.74, 6) is 2.59. The summed E-state index contributed by atoms with van der Waals surface area (Å²) in [7, 11) is 0. The van der Waals surface area contributed by atoms with Crippen molar-refractivity contribution in [3.63, 3.8) is 0 Å². The molecule has 0 aliphatic heterocycles. The first kappa shape index (κ1) is 10.5. The molecule has 2 aliphatic carbocycles. The van der Waals surface area contributed by atoms with Crippen LogP contribution in [0.4, 0.5) is 5.13 Å². The van der Waals surface area contributed by atoms with Gasteiger partial charge in [-0.3, -0.25) is 0 Å². The van der Waals surface area contributed by atoms with E-state index in [1.54, 1.807) is 0 Å². The maximum Gasteiger partial charge on any atom is 0.202 e. The van der Waals surface area contributed by atoms with E-state index in [9.17, 15) is 0 Å². The molecule has 3 nitrogen and oxygen atoms in total. The fraction of sp³-hybridized carbons (Fsp3) is 0.833. The van der Waals surface area contributed by atoms with Gasteiger partial charge in [-0.2, -0.15) is 4.37 Å². The lowest BCUT2D eigenvalue weighted by Gasteiger charge is -2.19. The SMILES string of the molecule is CC(Nc1nc(C2CC2)ns1)C1CCCC1. The summed E-state index contributed by atoms with van der Waals surface area (Å²) in [4.78, 5) is 4.58. The zero-order chi connectivity index (χ0) is 11.0. The summed E-state index contributed by atoms with van der Waals surface area (Å²) in [5, 5.41) is 4.56. The van der Waals surface area contributed by atoms with Gasteiger partial charge in [-0.05, 0) is 38.5 Å². The van der Waals surface area contributed by atoms with Gasteiger partial charge < -0.3 is 5.32 Å². The fourth-order valence-corrected chi connectivity index (χ4v) is 3.31. The summed E-state index contributed by atoms with van der Waals surface area (Å²) in [6.45, 7) is 2.29. The van der Waals surface area contributed by atoms with E-state index < -0.39 is 0 Å². The van der Waals surface area contributed by atoms with Crippen LogP contribution in [-0.2, 0) is 0 Å². The highest BCUT2D eigenvalue weighted by Crippen LogP contribution is 2.39. The maximum absolute atomic E-state index is 4.58. The van der Waals surface area contributed by atoms with E-state index in [4.69, 9.17) is 0 Å². The first-order chi connectivity index (χ1) is 7.83. The van der Waals surface area contributed by atoms with Crippen LogP contribution in [0.15, 0.2) is 0 Å². The molecule has 4 heteroatoms. The largest absolute Gasteiger partial charge is 0.358 e. The molecular formula is C12H19N3S. The van der Waals surface area contributed by atoms with Gasteiger partial charge in [0.15, 0.2) is 0 Å². The predicted octanol–water partition coefficient (Wildman–Crippen LogP) is 3.41. The molecular weight excluding hydrogens is 218 g/mol. The lowest BCUT2D eigenvalue weighted by Crippen LogP contribution is -2.23. The normalized spacial score (nSPS) is 23.6. The molecule has 0 aromatic carbocycles. The number of rotatable bonds is 4. The molecule has 1 aromatic heterocycles. The Hall–Kier alpha value is -0.640.